The highest BCUT2D eigenvalue weighted by atomic mass is 16.1. The minimum Gasteiger partial charge on any atom is -0.345 e. The number of nitrogens with one attached hydrogen (secondary N) is 2. The Bertz CT molecular complexity index is 1510. The Morgan fingerprint density at radius 3 is 2.63 bits per heavy atom. The molecule has 7 nitrogen and oxygen atoms in total. The van der Waals surface area contributed by atoms with Gasteiger partial charge in [0.2, 0.25) is 0 Å². The molecule has 0 saturated heterocycles. The molecule has 5 aromatic rings. The van der Waals surface area contributed by atoms with Crippen molar-refractivity contribution in [3.05, 3.63) is 108 Å². The minimum atomic E-state index is -0.494. The summed E-state index contributed by atoms with van der Waals surface area (Å²) in [6.07, 6.45) is 6.16. The number of Topliss-reactive ketones (excluding diaryl/α,β-unsaturated/α-hetero) is 1. The van der Waals surface area contributed by atoms with Gasteiger partial charge >= 0.3 is 0 Å². The van der Waals surface area contributed by atoms with Gasteiger partial charge in [0.15, 0.2) is 5.78 Å². The highest BCUT2D eigenvalue weighted by Gasteiger charge is 2.24. The predicted molar refractivity (Wildman–Crippen MR) is 135 cm³/mol. The number of nitriles is 1. The Morgan fingerprint density at radius 1 is 1.11 bits per heavy atom. The molecule has 0 bridgehead atoms. The zero-order valence-electron chi connectivity index (χ0n) is 19.3. The van der Waals surface area contributed by atoms with E-state index < -0.39 is 6.04 Å². The summed E-state index contributed by atoms with van der Waals surface area (Å²) in [6.45, 7) is 0.614. The molecule has 3 aromatic heterocycles. The van der Waals surface area contributed by atoms with Crippen molar-refractivity contribution < 1.29 is 4.79 Å². The van der Waals surface area contributed by atoms with E-state index in [1.807, 2.05) is 80.0 Å². The third-order valence-electron chi connectivity index (χ3n) is 6.05. The molecule has 1 unspecified atom stereocenters. The first-order valence-corrected chi connectivity index (χ1v) is 11.4. The van der Waals surface area contributed by atoms with Gasteiger partial charge in [-0.05, 0) is 41.8 Å². The van der Waals surface area contributed by atoms with Crippen LogP contribution in [0, 0.1) is 11.3 Å². The second-order valence-electron chi connectivity index (χ2n) is 8.42. The smallest absolute Gasteiger partial charge is 0.186 e. The molecule has 0 amide bonds. The number of aryl methyl sites for hydroxylation is 1. The zero-order valence-corrected chi connectivity index (χ0v) is 19.3. The quantitative estimate of drug-likeness (QED) is 0.330. The molecular weight excluding hydrogens is 436 g/mol. The number of rotatable bonds is 8. The lowest BCUT2D eigenvalue weighted by Gasteiger charge is -2.18. The van der Waals surface area contributed by atoms with E-state index in [0.717, 1.165) is 34.2 Å². The summed E-state index contributed by atoms with van der Waals surface area (Å²) in [4.78, 5) is 21.6. The molecule has 0 spiro atoms. The average Bonchev–Trinajstić information content (AvgIpc) is 3.53. The molecule has 35 heavy (non-hydrogen) atoms. The van der Waals surface area contributed by atoms with Gasteiger partial charge in [0.05, 0.1) is 29.6 Å². The van der Waals surface area contributed by atoms with Gasteiger partial charge in [-0.15, -0.1) is 0 Å². The fourth-order valence-corrected chi connectivity index (χ4v) is 4.19. The van der Waals surface area contributed by atoms with Crippen molar-refractivity contribution in [3.8, 4) is 17.3 Å². The predicted octanol–water partition coefficient (Wildman–Crippen LogP) is 4.59. The first-order chi connectivity index (χ1) is 17.1. The number of hydrogen-bond acceptors (Lipinski definition) is 5. The summed E-state index contributed by atoms with van der Waals surface area (Å²) in [6, 6.07) is 22.8. The zero-order chi connectivity index (χ0) is 24.2. The summed E-state index contributed by atoms with van der Waals surface area (Å²) < 4.78 is 1.74. The molecule has 1 atom stereocenters. The van der Waals surface area contributed by atoms with Crippen LogP contribution >= 0.6 is 0 Å². The fourth-order valence-electron chi connectivity index (χ4n) is 4.19. The van der Waals surface area contributed by atoms with E-state index in [1.54, 1.807) is 17.1 Å². The number of hydrogen-bond donors (Lipinski definition) is 2. The molecule has 0 radical (unpaired) electrons. The van der Waals surface area contributed by atoms with E-state index in [0.29, 0.717) is 23.3 Å². The van der Waals surface area contributed by atoms with Crippen LogP contribution in [0.3, 0.4) is 0 Å². The number of carbonyl (C=O) groups is 1. The Balaban J connectivity index is 1.39. The number of fused-ring (bicyclic) bond motifs is 1. The molecular formula is C28H24N6O. The Morgan fingerprint density at radius 2 is 1.91 bits per heavy atom. The van der Waals surface area contributed by atoms with E-state index in [9.17, 15) is 4.79 Å². The largest absolute Gasteiger partial charge is 0.345 e. The highest BCUT2D eigenvalue weighted by molar-refractivity contribution is 6.10. The van der Waals surface area contributed by atoms with Gasteiger partial charge in [-0.2, -0.15) is 10.4 Å². The highest BCUT2D eigenvalue weighted by Crippen LogP contribution is 2.26. The number of benzene rings is 2. The molecule has 0 aliphatic carbocycles. The van der Waals surface area contributed by atoms with Crippen LogP contribution in [0.1, 0.15) is 33.1 Å². The maximum absolute atomic E-state index is 13.7. The van der Waals surface area contributed by atoms with E-state index >= 15 is 0 Å². The number of H-pyrrole nitrogens is 1. The molecule has 0 fully saturated rings. The monoisotopic (exact) mass is 460 g/mol. The maximum Gasteiger partial charge on any atom is 0.186 e. The number of aromatic nitrogens is 4. The lowest BCUT2D eigenvalue weighted by molar-refractivity contribution is 0.0945. The van der Waals surface area contributed by atoms with E-state index in [1.165, 1.54) is 0 Å². The summed E-state index contributed by atoms with van der Waals surface area (Å²) >= 11 is 0. The first-order valence-electron chi connectivity index (χ1n) is 11.4. The van der Waals surface area contributed by atoms with Crippen LogP contribution in [-0.4, -0.2) is 32.1 Å². The van der Waals surface area contributed by atoms with Crippen molar-refractivity contribution in [3.63, 3.8) is 0 Å². The second kappa shape index (κ2) is 9.75. The van der Waals surface area contributed by atoms with Crippen molar-refractivity contribution in [1.82, 2.24) is 25.1 Å². The standard InChI is InChI=1S/C28H24N6O/c1-34-18-22(16-32-34)25-12-11-23-24(17-31-28(23)33-25)27(35)26(21-5-3-2-4-6-21)30-14-13-19-7-9-20(15-29)10-8-19/h2-12,16-18,26,30H,13-14H2,1H3,(H,31,33). The molecule has 3 heterocycles. The van der Waals surface area contributed by atoms with Crippen LogP contribution in [0.5, 0.6) is 0 Å². The molecule has 7 heteroatoms. The van der Waals surface area contributed by atoms with Crippen molar-refractivity contribution >= 4 is 16.8 Å². The van der Waals surface area contributed by atoms with E-state index in [2.05, 4.69) is 21.5 Å². The topological polar surface area (TPSA) is 99.4 Å². The van der Waals surface area contributed by atoms with Gasteiger partial charge in [0, 0.05) is 42.5 Å². The van der Waals surface area contributed by atoms with Crippen LogP contribution in [0.25, 0.3) is 22.3 Å². The van der Waals surface area contributed by atoms with Crippen molar-refractivity contribution in [2.75, 3.05) is 6.54 Å². The third-order valence-corrected chi connectivity index (χ3v) is 6.05. The van der Waals surface area contributed by atoms with Crippen LogP contribution in [0.2, 0.25) is 0 Å². The van der Waals surface area contributed by atoms with Crippen LogP contribution in [0.15, 0.2) is 85.3 Å². The number of ketones is 1. The number of aromatic amines is 1. The van der Waals surface area contributed by atoms with Gasteiger partial charge in [-0.1, -0.05) is 42.5 Å². The van der Waals surface area contributed by atoms with Gasteiger partial charge in [0.25, 0.3) is 0 Å². The molecule has 172 valence electrons. The molecule has 2 aromatic carbocycles. The van der Waals surface area contributed by atoms with Crippen LogP contribution in [0.4, 0.5) is 0 Å². The normalized spacial score (nSPS) is 11.9. The van der Waals surface area contributed by atoms with Crippen molar-refractivity contribution in [2.24, 2.45) is 7.05 Å². The summed E-state index contributed by atoms with van der Waals surface area (Å²) in [5.41, 5.74) is 5.64. The van der Waals surface area contributed by atoms with E-state index in [4.69, 9.17) is 10.2 Å². The van der Waals surface area contributed by atoms with Gasteiger partial charge in [-0.25, -0.2) is 4.98 Å². The Hall–Kier alpha value is -4.54. The molecule has 0 aliphatic rings. The number of carbonyl (C=O) groups excluding carboxylic acids is 1. The van der Waals surface area contributed by atoms with Crippen molar-refractivity contribution in [2.45, 2.75) is 12.5 Å². The van der Waals surface area contributed by atoms with Crippen LogP contribution < -0.4 is 5.32 Å². The fraction of sp³-hybridized carbons (Fsp3) is 0.143. The number of pyridine rings is 1. The average molecular weight is 461 g/mol. The Kier molecular flexibility index (Phi) is 6.20. The van der Waals surface area contributed by atoms with Crippen molar-refractivity contribution in [1.29, 1.82) is 5.26 Å². The van der Waals surface area contributed by atoms with Gasteiger partial charge in [-0.3, -0.25) is 9.48 Å². The molecule has 0 saturated carbocycles. The molecule has 5 rings (SSSR count). The summed E-state index contributed by atoms with van der Waals surface area (Å²) in [5.74, 6) is -0.0155. The lowest BCUT2D eigenvalue weighted by atomic mass is 9.97. The summed E-state index contributed by atoms with van der Waals surface area (Å²) in [7, 11) is 1.87. The maximum atomic E-state index is 13.7. The number of nitrogens with zero attached hydrogens (tertiary/aromatic N) is 4. The van der Waals surface area contributed by atoms with Gasteiger partial charge in [0.1, 0.15) is 5.65 Å². The second-order valence-corrected chi connectivity index (χ2v) is 8.42. The summed E-state index contributed by atoms with van der Waals surface area (Å²) in [5, 5.41) is 17.4. The Labute approximate surface area is 203 Å². The van der Waals surface area contributed by atoms with E-state index in [-0.39, 0.29) is 5.78 Å². The minimum absolute atomic E-state index is 0.0155. The van der Waals surface area contributed by atoms with Crippen LogP contribution in [-0.2, 0) is 13.5 Å². The van der Waals surface area contributed by atoms with Gasteiger partial charge < -0.3 is 10.3 Å². The molecule has 0 aliphatic heterocycles. The SMILES string of the molecule is Cn1cc(-c2ccc3c(C(=O)C(NCCc4ccc(C#N)cc4)c4ccccc4)c[nH]c3n2)cn1. The first kappa shape index (κ1) is 22.3. The third kappa shape index (κ3) is 4.74. The molecule has 2 N–H and O–H groups in total. The lowest BCUT2D eigenvalue weighted by Crippen LogP contribution is -2.30.